The quantitative estimate of drug-likeness (QED) is 0.716. The summed E-state index contributed by atoms with van der Waals surface area (Å²) >= 11 is 0. The number of carbonyl (C=O) groups excluding carboxylic acids is 1. The molecule has 6 nitrogen and oxygen atoms in total. The Kier molecular flexibility index (Phi) is 5.99. The minimum absolute atomic E-state index is 0.0991. The van der Waals surface area contributed by atoms with Gasteiger partial charge in [0.15, 0.2) is 5.82 Å². The third kappa shape index (κ3) is 4.71. The van der Waals surface area contributed by atoms with Gasteiger partial charge in [0.05, 0.1) is 0 Å². The number of aryl methyl sites for hydroxylation is 2. The highest BCUT2D eigenvalue weighted by Gasteiger charge is 2.10. The van der Waals surface area contributed by atoms with Crippen LogP contribution in [0.3, 0.4) is 0 Å². The van der Waals surface area contributed by atoms with Crippen LogP contribution in [-0.2, 0) is 6.42 Å². The first-order valence-electron chi connectivity index (χ1n) is 9.26. The lowest BCUT2D eigenvalue weighted by Crippen LogP contribution is -2.25. The molecule has 0 aliphatic carbocycles. The Morgan fingerprint density at radius 1 is 1.04 bits per heavy atom. The van der Waals surface area contributed by atoms with Crippen LogP contribution in [0, 0.1) is 13.8 Å². The molecule has 1 N–H and O–H groups in total. The molecule has 1 aromatic carbocycles. The van der Waals surface area contributed by atoms with E-state index in [1.54, 1.807) is 12.1 Å². The number of hydrogen-bond donors (Lipinski definition) is 1. The van der Waals surface area contributed by atoms with E-state index in [-0.39, 0.29) is 5.91 Å². The molecule has 0 atom stereocenters. The summed E-state index contributed by atoms with van der Waals surface area (Å²) in [6.07, 6.45) is 2.52. The van der Waals surface area contributed by atoms with Crippen LogP contribution in [0.5, 0.6) is 0 Å². The van der Waals surface area contributed by atoms with Crippen molar-refractivity contribution >= 4 is 11.7 Å². The van der Waals surface area contributed by atoms with Crippen LogP contribution in [0.25, 0.3) is 11.4 Å². The van der Waals surface area contributed by atoms with Crippen LogP contribution in [-0.4, -0.2) is 41.5 Å². The molecular formula is C22H25N5O. The molecule has 0 saturated carbocycles. The topological polar surface area (TPSA) is 71.0 Å². The second kappa shape index (κ2) is 8.61. The first-order valence-corrected chi connectivity index (χ1v) is 9.26. The minimum atomic E-state index is -0.0991. The molecule has 3 aromatic rings. The van der Waals surface area contributed by atoms with Crippen LogP contribution in [0.4, 0.5) is 5.82 Å². The number of nitrogens with zero attached hydrogens (tertiary/aromatic N) is 4. The maximum absolute atomic E-state index is 12.4. The van der Waals surface area contributed by atoms with Crippen molar-refractivity contribution in [3.63, 3.8) is 0 Å². The Bertz CT molecular complexity index is 967. The number of carbonyl (C=O) groups is 1. The minimum Gasteiger partial charge on any atom is -0.362 e. The highest BCUT2D eigenvalue weighted by atomic mass is 16.1. The number of hydrogen-bond acceptors (Lipinski definition) is 5. The molecule has 28 heavy (non-hydrogen) atoms. The van der Waals surface area contributed by atoms with Gasteiger partial charge in [0, 0.05) is 61.3 Å². The highest BCUT2D eigenvalue weighted by molar-refractivity contribution is 5.94. The average Bonchev–Trinajstić information content (AvgIpc) is 2.68. The van der Waals surface area contributed by atoms with Gasteiger partial charge in [-0.2, -0.15) is 0 Å². The number of aromatic nitrogens is 3. The van der Waals surface area contributed by atoms with E-state index in [0.29, 0.717) is 24.4 Å². The van der Waals surface area contributed by atoms with Gasteiger partial charge in [-0.3, -0.25) is 9.78 Å². The van der Waals surface area contributed by atoms with Gasteiger partial charge >= 0.3 is 0 Å². The standard InChI is InChI=1S/C22H25N5O/c1-15-14-24-20(26-21(15)27(3)4)17-8-10-18(11-9-17)22(28)23-13-12-19-7-5-6-16(2)25-19/h5-11,14H,12-13H2,1-4H3,(H,23,28). The van der Waals surface area contributed by atoms with Crippen LogP contribution in [0.2, 0.25) is 0 Å². The highest BCUT2D eigenvalue weighted by Crippen LogP contribution is 2.20. The molecule has 144 valence electrons. The van der Waals surface area contributed by atoms with Crippen LogP contribution >= 0.6 is 0 Å². The average molecular weight is 375 g/mol. The molecule has 2 aromatic heterocycles. The van der Waals surface area contributed by atoms with Gasteiger partial charge in [0.1, 0.15) is 5.82 Å². The molecule has 3 rings (SSSR count). The van der Waals surface area contributed by atoms with Gasteiger partial charge < -0.3 is 10.2 Å². The number of rotatable bonds is 6. The van der Waals surface area contributed by atoms with E-state index in [2.05, 4.69) is 20.3 Å². The van der Waals surface area contributed by atoms with Crippen molar-refractivity contribution in [3.8, 4) is 11.4 Å². The monoisotopic (exact) mass is 375 g/mol. The van der Waals surface area contributed by atoms with Gasteiger partial charge in [0.25, 0.3) is 5.91 Å². The second-order valence-corrected chi connectivity index (χ2v) is 6.95. The zero-order chi connectivity index (χ0) is 20.1. The Balaban J connectivity index is 1.63. The van der Waals surface area contributed by atoms with Crippen LogP contribution in [0.1, 0.15) is 27.3 Å². The molecule has 0 unspecified atom stereocenters. The summed E-state index contributed by atoms with van der Waals surface area (Å²) in [6.45, 7) is 4.49. The summed E-state index contributed by atoms with van der Waals surface area (Å²) < 4.78 is 0. The predicted octanol–water partition coefficient (Wildman–Crippen LogP) is 3.19. The van der Waals surface area contributed by atoms with Crippen LogP contribution < -0.4 is 10.2 Å². The summed E-state index contributed by atoms with van der Waals surface area (Å²) in [4.78, 5) is 27.8. The molecule has 0 aliphatic heterocycles. The van der Waals surface area contributed by atoms with E-state index < -0.39 is 0 Å². The summed E-state index contributed by atoms with van der Waals surface area (Å²) in [5, 5.41) is 2.94. The molecule has 2 heterocycles. The lowest BCUT2D eigenvalue weighted by molar-refractivity contribution is 0.0954. The van der Waals surface area contributed by atoms with E-state index in [0.717, 1.165) is 28.3 Å². The van der Waals surface area contributed by atoms with Crippen molar-refractivity contribution in [1.29, 1.82) is 0 Å². The summed E-state index contributed by atoms with van der Waals surface area (Å²) in [7, 11) is 3.91. The van der Waals surface area contributed by atoms with E-state index in [4.69, 9.17) is 0 Å². The van der Waals surface area contributed by atoms with Gasteiger partial charge in [-0.05, 0) is 38.1 Å². The van der Waals surface area contributed by atoms with E-state index >= 15 is 0 Å². The number of anilines is 1. The van der Waals surface area contributed by atoms with E-state index in [1.165, 1.54) is 0 Å². The van der Waals surface area contributed by atoms with Crippen molar-refractivity contribution in [2.45, 2.75) is 20.3 Å². The Morgan fingerprint density at radius 3 is 2.46 bits per heavy atom. The molecule has 0 fully saturated rings. The maximum atomic E-state index is 12.4. The molecular weight excluding hydrogens is 350 g/mol. The summed E-state index contributed by atoms with van der Waals surface area (Å²) in [6, 6.07) is 13.3. The Morgan fingerprint density at radius 2 is 1.79 bits per heavy atom. The van der Waals surface area contributed by atoms with E-state index in [1.807, 2.05) is 69.4 Å². The molecule has 0 bridgehead atoms. The smallest absolute Gasteiger partial charge is 0.251 e. The molecule has 0 saturated heterocycles. The third-order valence-electron chi connectivity index (χ3n) is 4.39. The molecule has 1 amide bonds. The predicted molar refractivity (Wildman–Crippen MR) is 112 cm³/mol. The molecule has 0 aliphatic rings. The lowest BCUT2D eigenvalue weighted by atomic mass is 10.1. The number of nitrogens with one attached hydrogen (secondary N) is 1. The van der Waals surface area contributed by atoms with Crippen molar-refractivity contribution in [2.75, 3.05) is 25.5 Å². The molecule has 0 spiro atoms. The SMILES string of the molecule is Cc1cccc(CCNC(=O)c2ccc(-c3ncc(C)c(N(C)C)n3)cc2)n1. The Labute approximate surface area is 165 Å². The molecule has 6 heteroatoms. The normalized spacial score (nSPS) is 10.6. The fourth-order valence-electron chi connectivity index (χ4n) is 2.94. The second-order valence-electron chi connectivity index (χ2n) is 6.95. The fraction of sp³-hybridized carbons (Fsp3) is 0.273. The summed E-state index contributed by atoms with van der Waals surface area (Å²) in [5.74, 6) is 1.43. The maximum Gasteiger partial charge on any atom is 0.251 e. The zero-order valence-corrected chi connectivity index (χ0v) is 16.7. The van der Waals surface area contributed by atoms with Crippen molar-refractivity contribution in [3.05, 3.63) is 71.2 Å². The fourth-order valence-corrected chi connectivity index (χ4v) is 2.94. The third-order valence-corrected chi connectivity index (χ3v) is 4.39. The van der Waals surface area contributed by atoms with Crippen molar-refractivity contribution < 1.29 is 4.79 Å². The van der Waals surface area contributed by atoms with Gasteiger partial charge in [-0.1, -0.05) is 18.2 Å². The van der Waals surface area contributed by atoms with E-state index in [9.17, 15) is 4.79 Å². The number of amides is 1. The Hall–Kier alpha value is -3.28. The van der Waals surface area contributed by atoms with Crippen LogP contribution in [0.15, 0.2) is 48.7 Å². The largest absolute Gasteiger partial charge is 0.362 e. The lowest BCUT2D eigenvalue weighted by Gasteiger charge is -2.14. The molecule has 0 radical (unpaired) electrons. The summed E-state index contributed by atoms with van der Waals surface area (Å²) in [5.41, 5.74) is 4.47. The van der Waals surface area contributed by atoms with Gasteiger partial charge in [0.2, 0.25) is 0 Å². The number of benzene rings is 1. The van der Waals surface area contributed by atoms with Gasteiger partial charge in [-0.15, -0.1) is 0 Å². The first kappa shape index (κ1) is 19.5. The van der Waals surface area contributed by atoms with Gasteiger partial charge in [-0.25, -0.2) is 9.97 Å². The first-order chi connectivity index (χ1) is 13.4. The zero-order valence-electron chi connectivity index (χ0n) is 16.7. The van der Waals surface area contributed by atoms with Crippen molar-refractivity contribution in [2.24, 2.45) is 0 Å². The number of pyridine rings is 1. The van der Waals surface area contributed by atoms with Crippen molar-refractivity contribution in [1.82, 2.24) is 20.3 Å².